The molecule has 2 nitrogen and oxygen atoms in total. The molecule has 0 saturated heterocycles. The van der Waals surface area contributed by atoms with E-state index in [0.29, 0.717) is 0 Å². The van der Waals surface area contributed by atoms with Gasteiger partial charge >= 0.3 is 0 Å². The Morgan fingerprint density at radius 2 is 1.86 bits per heavy atom. The van der Waals surface area contributed by atoms with Gasteiger partial charge < -0.3 is 5.32 Å². The van der Waals surface area contributed by atoms with Crippen LogP contribution >= 0.6 is 0 Å². The lowest BCUT2D eigenvalue weighted by Crippen LogP contribution is -1.97. The zero-order valence-corrected chi connectivity index (χ0v) is 4.44. The molecule has 0 radical (unpaired) electrons. The molecule has 1 N–H and O–H groups in total. The van der Waals surface area contributed by atoms with Crippen LogP contribution in [0.3, 0.4) is 0 Å². The van der Waals surface area contributed by atoms with E-state index in [9.17, 15) is 4.21 Å². The second-order valence-corrected chi connectivity index (χ2v) is 2.30. The van der Waals surface area contributed by atoms with Crippen LogP contribution in [0.4, 0.5) is 0 Å². The summed E-state index contributed by atoms with van der Waals surface area (Å²) in [6.07, 6.45) is 3.30. The second-order valence-electron chi connectivity index (χ2n) is 1.10. The van der Waals surface area contributed by atoms with Crippen LogP contribution in [-0.2, 0) is 10.8 Å². The standard InChI is InChI=1S/C4H5NOS/c6-7-3-1-5-2-4-7/h1-5H. The van der Waals surface area contributed by atoms with Crippen molar-refractivity contribution in [1.82, 2.24) is 5.32 Å². The predicted molar refractivity (Wildman–Crippen MR) is 29.6 cm³/mol. The van der Waals surface area contributed by atoms with Crippen molar-refractivity contribution in [2.45, 2.75) is 0 Å². The van der Waals surface area contributed by atoms with E-state index in [1.807, 2.05) is 0 Å². The van der Waals surface area contributed by atoms with Gasteiger partial charge in [0.1, 0.15) is 0 Å². The fourth-order valence-electron chi connectivity index (χ4n) is 0.314. The van der Waals surface area contributed by atoms with Crippen LogP contribution in [0.25, 0.3) is 0 Å². The first-order valence-electron chi connectivity index (χ1n) is 1.88. The van der Waals surface area contributed by atoms with Crippen LogP contribution < -0.4 is 5.32 Å². The van der Waals surface area contributed by atoms with Crippen LogP contribution in [0, 0.1) is 0 Å². The van der Waals surface area contributed by atoms with Gasteiger partial charge in [0, 0.05) is 23.2 Å². The molecular formula is C4H5NOS. The minimum Gasteiger partial charge on any atom is -0.366 e. The molecule has 0 aliphatic carbocycles. The average molecular weight is 115 g/mol. The molecule has 0 atom stereocenters. The Hall–Kier alpha value is -0.570. The molecule has 1 heterocycles. The van der Waals surface area contributed by atoms with Crippen LogP contribution in [0.1, 0.15) is 0 Å². The molecule has 0 unspecified atom stereocenters. The third kappa shape index (κ3) is 1.16. The largest absolute Gasteiger partial charge is 0.366 e. The van der Waals surface area contributed by atoms with E-state index in [1.165, 1.54) is 0 Å². The molecule has 0 aromatic carbocycles. The van der Waals surface area contributed by atoms with Gasteiger partial charge in [-0.1, -0.05) is 0 Å². The topological polar surface area (TPSA) is 29.1 Å². The maximum Gasteiger partial charge on any atom is 0.0731 e. The van der Waals surface area contributed by atoms with Crippen molar-refractivity contribution in [3.63, 3.8) is 0 Å². The monoisotopic (exact) mass is 115 g/mol. The molecule has 0 spiro atoms. The molecule has 0 aromatic rings. The molecule has 38 valence electrons. The lowest BCUT2D eigenvalue weighted by molar-refractivity contribution is 0.692. The molecule has 0 fully saturated rings. The van der Waals surface area contributed by atoms with E-state index >= 15 is 0 Å². The van der Waals surface area contributed by atoms with E-state index in [2.05, 4.69) is 5.32 Å². The second kappa shape index (κ2) is 1.93. The van der Waals surface area contributed by atoms with Crippen molar-refractivity contribution in [3.8, 4) is 0 Å². The SMILES string of the molecule is O=S1C=CNC=C1. The summed E-state index contributed by atoms with van der Waals surface area (Å²) >= 11 is 0. The lowest BCUT2D eigenvalue weighted by atomic mass is 10.9. The molecule has 7 heavy (non-hydrogen) atoms. The zero-order chi connectivity index (χ0) is 5.11. The Balaban J connectivity index is 2.66. The molecule has 1 rings (SSSR count). The normalized spacial score (nSPS) is 19.4. The summed E-state index contributed by atoms with van der Waals surface area (Å²) in [7, 11) is -0.864. The van der Waals surface area contributed by atoms with E-state index in [0.717, 1.165) is 0 Å². The molecule has 0 aromatic heterocycles. The molecule has 3 heteroatoms. The Morgan fingerprint density at radius 1 is 1.29 bits per heavy atom. The van der Waals surface area contributed by atoms with Crippen molar-refractivity contribution in [2.75, 3.05) is 0 Å². The predicted octanol–water partition coefficient (Wildman–Crippen LogP) is 0.281. The van der Waals surface area contributed by atoms with Gasteiger partial charge in [0.2, 0.25) is 0 Å². The number of rotatable bonds is 0. The highest BCUT2D eigenvalue weighted by atomic mass is 32.2. The van der Waals surface area contributed by atoms with Crippen molar-refractivity contribution >= 4 is 10.8 Å². The van der Waals surface area contributed by atoms with Crippen molar-refractivity contribution in [1.29, 1.82) is 0 Å². The van der Waals surface area contributed by atoms with Gasteiger partial charge in [0.15, 0.2) is 0 Å². The first-order valence-corrected chi connectivity index (χ1v) is 3.16. The van der Waals surface area contributed by atoms with E-state index in [-0.39, 0.29) is 0 Å². The van der Waals surface area contributed by atoms with Gasteiger partial charge in [-0.15, -0.1) is 0 Å². The highest BCUT2D eigenvalue weighted by Crippen LogP contribution is 1.89. The quantitative estimate of drug-likeness (QED) is 0.491. The summed E-state index contributed by atoms with van der Waals surface area (Å²) in [4.78, 5) is 0. The van der Waals surface area contributed by atoms with Crippen LogP contribution in [0.15, 0.2) is 23.2 Å². The molecule has 1 aliphatic rings. The van der Waals surface area contributed by atoms with Gasteiger partial charge in [0.05, 0.1) is 10.8 Å². The van der Waals surface area contributed by atoms with Gasteiger partial charge in [-0.25, -0.2) is 0 Å². The Morgan fingerprint density at radius 3 is 2.14 bits per heavy atom. The maximum absolute atomic E-state index is 10.4. The highest BCUT2D eigenvalue weighted by Gasteiger charge is 1.86. The Bertz CT molecular complexity index is 125. The maximum atomic E-state index is 10.4. The van der Waals surface area contributed by atoms with Gasteiger partial charge in [-0.05, 0) is 0 Å². The third-order valence-electron chi connectivity index (χ3n) is 0.597. The Labute approximate surface area is 44.4 Å². The summed E-state index contributed by atoms with van der Waals surface area (Å²) in [5.41, 5.74) is 0. The van der Waals surface area contributed by atoms with E-state index < -0.39 is 10.8 Å². The molecule has 0 amide bonds. The fraction of sp³-hybridized carbons (Fsp3) is 0. The van der Waals surface area contributed by atoms with Crippen molar-refractivity contribution in [3.05, 3.63) is 23.2 Å². The smallest absolute Gasteiger partial charge is 0.0731 e. The fourth-order valence-corrected chi connectivity index (χ4v) is 0.830. The van der Waals surface area contributed by atoms with Crippen molar-refractivity contribution in [2.24, 2.45) is 0 Å². The highest BCUT2D eigenvalue weighted by molar-refractivity contribution is 7.90. The van der Waals surface area contributed by atoms with Crippen LogP contribution in [0.5, 0.6) is 0 Å². The van der Waals surface area contributed by atoms with Crippen molar-refractivity contribution < 1.29 is 4.21 Å². The van der Waals surface area contributed by atoms with E-state index in [4.69, 9.17) is 0 Å². The summed E-state index contributed by atoms with van der Waals surface area (Å²) in [6.45, 7) is 0. The average Bonchev–Trinajstić information content (AvgIpc) is 1.69. The first-order chi connectivity index (χ1) is 3.39. The van der Waals surface area contributed by atoms with Gasteiger partial charge in [-0.2, -0.15) is 0 Å². The zero-order valence-electron chi connectivity index (χ0n) is 3.63. The summed E-state index contributed by atoms with van der Waals surface area (Å²) in [5.74, 6) is 0. The van der Waals surface area contributed by atoms with Gasteiger partial charge in [0.25, 0.3) is 0 Å². The van der Waals surface area contributed by atoms with Crippen LogP contribution in [0.2, 0.25) is 0 Å². The minimum atomic E-state index is -0.864. The number of nitrogens with one attached hydrogen (secondary N) is 1. The molecule has 0 bridgehead atoms. The Kier molecular flexibility index (Phi) is 1.26. The molecule has 1 aliphatic heterocycles. The van der Waals surface area contributed by atoms with Crippen LogP contribution in [-0.4, -0.2) is 4.21 Å². The summed E-state index contributed by atoms with van der Waals surface area (Å²) in [6, 6.07) is 0. The lowest BCUT2D eigenvalue weighted by Gasteiger charge is -1.92. The van der Waals surface area contributed by atoms with E-state index in [1.54, 1.807) is 23.2 Å². The number of hydrogen-bond donors (Lipinski definition) is 1. The summed E-state index contributed by atoms with van der Waals surface area (Å²) < 4.78 is 10.4. The molecular weight excluding hydrogens is 110 g/mol. The first kappa shape index (κ1) is 4.59. The number of hydrogen-bond acceptors (Lipinski definition) is 2. The minimum absolute atomic E-state index is 0.864. The third-order valence-corrected chi connectivity index (χ3v) is 1.41. The van der Waals surface area contributed by atoms with Gasteiger partial charge in [-0.3, -0.25) is 4.21 Å². The molecule has 0 saturated carbocycles. The summed E-state index contributed by atoms with van der Waals surface area (Å²) in [5, 5.41) is 5.93.